The Hall–Kier alpha value is -4.31. The lowest BCUT2D eigenvalue weighted by atomic mass is 10.1. The van der Waals surface area contributed by atoms with Gasteiger partial charge in [-0.1, -0.05) is 23.9 Å². The number of hydrogen-bond donors (Lipinski definition) is 2. The molecular weight excluding hydrogens is 451 g/mol. The number of halogens is 1. The molecule has 1 saturated heterocycles. The van der Waals surface area contributed by atoms with Gasteiger partial charge in [0.15, 0.2) is 0 Å². The van der Waals surface area contributed by atoms with Crippen molar-refractivity contribution < 1.29 is 18.4 Å². The number of nitrogens with one attached hydrogen (secondary N) is 2. The van der Waals surface area contributed by atoms with Crippen LogP contribution in [0.15, 0.2) is 65.8 Å². The van der Waals surface area contributed by atoms with E-state index in [9.17, 15) is 9.18 Å². The van der Waals surface area contributed by atoms with E-state index in [0.717, 1.165) is 19.5 Å². The number of aromatic nitrogens is 3. The molecule has 5 rings (SSSR count). The minimum Gasteiger partial charge on any atom is -0.487 e. The second-order valence-electron chi connectivity index (χ2n) is 8.27. The van der Waals surface area contributed by atoms with Gasteiger partial charge in [-0.15, -0.1) is 0 Å². The van der Waals surface area contributed by atoms with Crippen molar-refractivity contribution in [3.63, 3.8) is 0 Å². The third-order valence-corrected chi connectivity index (χ3v) is 5.63. The molecule has 2 aromatic carbocycles. The first-order chi connectivity index (χ1) is 17.0. The van der Waals surface area contributed by atoms with Gasteiger partial charge in [-0.3, -0.25) is 4.79 Å². The molecule has 1 aliphatic heterocycles. The average Bonchev–Trinajstić information content (AvgIpc) is 3.46. The van der Waals surface area contributed by atoms with Gasteiger partial charge < -0.3 is 24.8 Å². The number of benzene rings is 2. The van der Waals surface area contributed by atoms with Gasteiger partial charge in [-0.05, 0) is 49.9 Å². The summed E-state index contributed by atoms with van der Waals surface area (Å²) in [5, 5.41) is 9.95. The van der Waals surface area contributed by atoms with E-state index in [0.29, 0.717) is 39.5 Å². The molecule has 2 N–H and O–H groups in total. The molecule has 0 radical (unpaired) electrons. The number of likely N-dealkylation sites (N-methyl/N-ethyl adjacent to an activating group) is 1. The first-order valence-electron chi connectivity index (χ1n) is 11.1. The molecule has 1 amide bonds. The number of carbonyl (C=O) groups is 1. The highest BCUT2D eigenvalue weighted by Crippen LogP contribution is 2.32. The van der Waals surface area contributed by atoms with Crippen LogP contribution in [-0.4, -0.2) is 52.2 Å². The lowest BCUT2D eigenvalue weighted by Crippen LogP contribution is -2.22. The maximum Gasteiger partial charge on any atom is 0.247 e. The fourth-order valence-electron chi connectivity index (χ4n) is 3.92. The molecule has 1 atom stereocenters. The zero-order valence-corrected chi connectivity index (χ0v) is 19.0. The molecular formula is C25H23FN6O3. The second-order valence-corrected chi connectivity index (χ2v) is 8.27. The van der Waals surface area contributed by atoms with Crippen molar-refractivity contribution in [3.8, 4) is 17.0 Å². The molecule has 3 heterocycles. The quantitative estimate of drug-likeness (QED) is 0.381. The monoisotopic (exact) mass is 474 g/mol. The molecule has 1 aliphatic rings. The van der Waals surface area contributed by atoms with E-state index >= 15 is 0 Å². The summed E-state index contributed by atoms with van der Waals surface area (Å²) in [6.07, 6.45) is 3.64. The van der Waals surface area contributed by atoms with E-state index in [1.165, 1.54) is 24.4 Å². The molecule has 4 aromatic rings. The highest BCUT2D eigenvalue weighted by atomic mass is 19.1. The van der Waals surface area contributed by atoms with E-state index in [-0.39, 0.29) is 23.8 Å². The van der Waals surface area contributed by atoms with Crippen molar-refractivity contribution in [2.24, 2.45) is 0 Å². The zero-order chi connectivity index (χ0) is 24.4. The minimum atomic E-state index is -0.383. The predicted molar refractivity (Wildman–Crippen MR) is 130 cm³/mol. The molecule has 1 fully saturated rings. The SMILES string of the molecule is C=CC(=O)Nc1cc(Nc2ncc3onc(-c4cccc(F)c4)c3n2)ccc1OC1CCN(C)C1. The van der Waals surface area contributed by atoms with Crippen molar-refractivity contribution >= 4 is 34.3 Å². The van der Waals surface area contributed by atoms with Gasteiger partial charge in [0.05, 0.1) is 11.9 Å². The molecule has 0 bridgehead atoms. The van der Waals surface area contributed by atoms with Crippen molar-refractivity contribution in [1.29, 1.82) is 0 Å². The third kappa shape index (κ3) is 4.97. The zero-order valence-electron chi connectivity index (χ0n) is 19.0. The van der Waals surface area contributed by atoms with Crippen molar-refractivity contribution in [3.05, 3.63) is 67.1 Å². The highest BCUT2D eigenvalue weighted by molar-refractivity contribution is 6.00. The molecule has 0 saturated carbocycles. The molecule has 0 aliphatic carbocycles. The molecule has 2 aromatic heterocycles. The molecule has 1 unspecified atom stereocenters. The van der Waals surface area contributed by atoms with Crippen LogP contribution in [-0.2, 0) is 4.79 Å². The summed E-state index contributed by atoms with van der Waals surface area (Å²) in [6, 6.07) is 11.4. The number of rotatable bonds is 7. The molecule has 35 heavy (non-hydrogen) atoms. The first kappa shape index (κ1) is 22.5. The van der Waals surface area contributed by atoms with Crippen LogP contribution in [0.1, 0.15) is 6.42 Å². The maximum atomic E-state index is 13.7. The summed E-state index contributed by atoms with van der Waals surface area (Å²) < 4.78 is 25.2. The fraction of sp³-hybridized carbons (Fsp3) is 0.200. The smallest absolute Gasteiger partial charge is 0.247 e. The Balaban J connectivity index is 1.43. The van der Waals surface area contributed by atoms with Crippen LogP contribution in [0.25, 0.3) is 22.4 Å². The number of nitrogens with zero attached hydrogens (tertiary/aromatic N) is 4. The highest BCUT2D eigenvalue weighted by Gasteiger charge is 2.22. The van der Waals surface area contributed by atoms with E-state index in [2.05, 4.69) is 37.2 Å². The summed E-state index contributed by atoms with van der Waals surface area (Å²) in [4.78, 5) is 23.0. The standard InChI is InChI=1S/C25H23FN6O3/c1-3-22(33)29-19-12-17(7-8-20(19)34-18-9-10-32(2)14-18)28-25-27-13-21-24(30-25)23(31-35-21)15-5-4-6-16(26)11-15/h3-8,11-13,18H,1,9-10,14H2,2H3,(H,29,33)(H,27,28,30). The lowest BCUT2D eigenvalue weighted by molar-refractivity contribution is -0.111. The van der Waals surface area contributed by atoms with E-state index in [1.54, 1.807) is 24.3 Å². The number of amides is 1. The van der Waals surface area contributed by atoms with Gasteiger partial charge in [0.2, 0.25) is 17.4 Å². The summed E-state index contributed by atoms with van der Waals surface area (Å²) in [5.74, 6) is 0.115. The number of carbonyl (C=O) groups excluding carboxylic acids is 1. The number of anilines is 3. The predicted octanol–water partition coefficient (Wildman–Crippen LogP) is 4.37. The van der Waals surface area contributed by atoms with Gasteiger partial charge in [0.25, 0.3) is 0 Å². The third-order valence-electron chi connectivity index (χ3n) is 5.63. The van der Waals surface area contributed by atoms with Gasteiger partial charge >= 0.3 is 0 Å². The number of ether oxygens (including phenoxy) is 1. The van der Waals surface area contributed by atoms with Gasteiger partial charge in [-0.2, -0.15) is 0 Å². The molecule has 0 spiro atoms. The Labute approximate surface area is 200 Å². The summed E-state index contributed by atoms with van der Waals surface area (Å²) in [5.41, 5.74) is 2.90. The van der Waals surface area contributed by atoms with E-state index < -0.39 is 0 Å². The van der Waals surface area contributed by atoms with Crippen LogP contribution in [0.5, 0.6) is 5.75 Å². The fourth-order valence-corrected chi connectivity index (χ4v) is 3.92. The molecule has 9 nitrogen and oxygen atoms in total. The topological polar surface area (TPSA) is 105 Å². The van der Waals surface area contributed by atoms with Crippen molar-refractivity contribution in [2.45, 2.75) is 12.5 Å². The number of likely N-dealkylation sites (tertiary alicyclic amines) is 1. The minimum absolute atomic E-state index is 0.0405. The number of fused-ring (bicyclic) bond motifs is 1. The first-order valence-corrected chi connectivity index (χ1v) is 11.1. The molecule has 178 valence electrons. The van der Waals surface area contributed by atoms with Crippen LogP contribution >= 0.6 is 0 Å². The normalized spacial score (nSPS) is 15.8. The largest absolute Gasteiger partial charge is 0.487 e. The Morgan fingerprint density at radius 2 is 2.20 bits per heavy atom. The Morgan fingerprint density at radius 3 is 2.97 bits per heavy atom. The Morgan fingerprint density at radius 1 is 1.31 bits per heavy atom. The van der Waals surface area contributed by atoms with Crippen LogP contribution in [0, 0.1) is 5.82 Å². The van der Waals surface area contributed by atoms with Gasteiger partial charge in [-0.25, -0.2) is 14.4 Å². The summed E-state index contributed by atoms with van der Waals surface area (Å²) >= 11 is 0. The van der Waals surface area contributed by atoms with Crippen LogP contribution in [0.3, 0.4) is 0 Å². The average molecular weight is 474 g/mol. The van der Waals surface area contributed by atoms with Crippen molar-refractivity contribution in [2.75, 3.05) is 30.8 Å². The van der Waals surface area contributed by atoms with Crippen LogP contribution in [0.4, 0.5) is 21.7 Å². The van der Waals surface area contributed by atoms with E-state index in [1.807, 2.05) is 13.1 Å². The summed E-state index contributed by atoms with van der Waals surface area (Å²) in [6.45, 7) is 5.29. The van der Waals surface area contributed by atoms with Crippen LogP contribution < -0.4 is 15.4 Å². The van der Waals surface area contributed by atoms with Gasteiger partial charge in [0, 0.05) is 24.3 Å². The summed E-state index contributed by atoms with van der Waals surface area (Å²) in [7, 11) is 2.04. The Bertz CT molecular complexity index is 1410. The van der Waals surface area contributed by atoms with Crippen molar-refractivity contribution in [1.82, 2.24) is 20.0 Å². The van der Waals surface area contributed by atoms with Crippen LogP contribution in [0.2, 0.25) is 0 Å². The second kappa shape index (κ2) is 9.51. The number of hydrogen-bond acceptors (Lipinski definition) is 8. The Kier molecular flexibility index (Phi) is 6.11. The van der Waals surface area contributed by atoms with Gasteiger partial charge in [0.1, 0.15) is 28.9 Å². The maximum absolute atomic E-state index is 13.7. The lowest BCUT2D eigenvalue weighted by Gasteiger charge is -2.18. The molecule has 10 heteroatoms. The van der Waals surface area contributed by atoms with E-state index in [4.69, 9.17) is 9.26 Å².